The van der Waals surface area contributed by atoms with E-state index in [1.807, 2.05) is 5.53 Å². The number of primary sulfonamides is 1. The number of hydrazine groups is 1. The molecule has 3 rings (SSSR count). The Kier molecular flexibility index (Phi) is 4.12. The van der Waals surface area contributed by atoms with Gasteiger partial charge in [-0.05, 0) is 34.9 Å². The summed E-state index contributed by atoms with van der Waals surface area (Å²) in [5.41, 5.74) is 10.5. The van der Waals surface area contributed by atoms with Crippen LogP contribution in [0, 0.1) is 0 Å². The maximum atomic E-state index is 11.9. The highest BCUT2D eigenvalue weighted by Crippen LogP contribution is 2.32. The predicted octanol–water partition coefficient (Wildman–Crippen LogP) is -1.03. The van der Waals surface area contributed by atoms with Crippen molar-refractivity contribution in [3.8, 4) is 11.1 Å². The van der Waals surface area contributed by atoms with Crippen LogP contribution in [-0.4, -0.2) is 25.1 Å². The van der Waals surface area contributed by atoms with Crippen LogP contribution < -0.4 is 27.6 Å². The van der Waals surface area contributed by atoms with E-state index in [4.69, 9.17) is 16.7 Å². The minimum Gasteiger partial charge on any atom is -0.382 e. The molecule has 1 aromatic heterocycles. The number of nitrogens with one attached hydrogen (secondary N) is 2. The van der Waals surface area contributed by atoms with Gasteiger partial charge in [0.25, 0.3) is 10.0 Å². The number of carbonyl (C=O) groups is 1. The normalized spacial score (nSPS) is 14.2. The number of hydrazone groups is 1. The topological polar surface area (TPSA) is 179 Å². The van der Waals surface area contributed by atoms with E-state index in [9.17, 15) is 13.2 Å². The molecular weight excluding hydrogens is 346 g/mol. The van der Waals surface area contributed by atoms with Crippen LogP contribution in [0.4, 0.5) is 5.69 Å². The number of hydrogen-bond acceptors (Lipinski definition) is 7. The summed E-state index contributed by atoms with van der Waals surface area (Å²) < 4.78 is 23.7. The molecule has 0 atom stereocenters. The van der Waals surface area contributed by atoms with Crippen LogP contribution in [0.2, 0.25) is 0 Å². The molecule has 0 unspecified atom stereocenters. The molecule has 8 N–H and O–H groups in total. The summed E-state index contributed by atoms with van der Waals surface area (Å²) in [7, 11) is -4.15. The first-order chi connectivity index (χ1) is 11.8. The summed E-state index contributed by atoms with van der Waals surface area (Å²) in [5, 5.41) is 11.2. The number of pyridine rings is 1. The van der Waals surface area contributed by atoms with E-state index < -0.39 is 15.0 Å². The highest BCUT2D eigenvalue weighted by Gasteiger charge is 2.24. The van der Waals surface area contributed by atoms with Crippen molar-refractivity contribution in [2.24, 2.45) is 21.8 Å². The first-order valence-corrected chi connectivity index (χ1v) is 8.60. The molecule has 0 fully saturated rings. The smallest absolute Gasteiger partial charge is 0.256 e. The molecule has 1 aliphatic heterocycles. The number of rotatable bonds is 4. The predicted molar refractivity (Wildman–Crippen MR) is 91.4 cm³/mol. The van der Waals surface area contributed by atoms with Crippen LogP contribution in [0.15, 0.2) is 40.6 Å². The van der Waals surface area contributed by atoms with Crippen molar-refractivity contribution in [1.29, 1.82) is 0 Å². The number of sulfonamides is 1. The van der Waals surface area contributed by atoms with Gasteiger partial charge in [0.1, 0.15) is 0 Å². The number of nitrogens with zero attached hydrogens (tertiary/aromatic N) is 2. The number of anilines is 1. The fourth-order valence-corrected chi connectivity index (χ4v) is 3.38. The lowest BCUT2D eigenvalue weighted by molar-refractivity contribution is -0.115. The zero-order valence-corrected chi connectivity index (χ0v) is 13.7. The molecule has 130 valence electrons. The van der Waals surface area contributed by atoms with Gasteiger partial charge >= 0.3 is 0 Å². The molecule has 25 heavy (non-hydrogen) atoms. The molecule has 2 aromatic rings. The van der Waals surface area contributed by atoms with Gasteiger partial charge in [-0.15, -0.1) is 5.10 Å². The van der Waals surface area contributed by atoms with Crippen LogP contribution >= 0.6 is 0 Å². The van der Waals surface area contributed by atoms with E-state index in [1.54, 1.807) is 24.3 Å². The van der Waals surface area contributed by atoms with Gasteiger partial charge in [-0.2, -0.15) is 0 Å². The lowest BCUT2D eigenvalue weighted by Gasteiger charge is -2.13. The fraction of sp³-hybridized carbons (Fsp3) is 0.0714. The van der Waals surface area contributed by atoms with Crippen LogP contribution in [0.25, 0.3) is 11.1 Å². The summed E-state index contributed by atoms with van der Waals surface area (Å²) in [6.45, 7) is 0. The maximum absolute atomic E-state index is 11.9. The monoisotopic (exact) mass is 361 g/mol. The van der Waals surface area contributed by atoms with Crippen molar-refractivity contribution in [3.05, 3.63) is 41.6 Å². The molecule has 2 heterocycles. The Balaban J connectivity index is 2.25. The van der Waals surface area contributed by atoms with Gasteiger partial charge in [0.05, 0.1) is 12.0 Å². The zero-order valence-electron chi connectivity index (χ0n) is 12.9. The van der Waals surface area contributed by atoms with Crippen LogP contribution in [0.5, 0.6) is 0 Å². The van der Waals surface area contributed by atoms with E-state index in [2.05, 4.69) is 15.4 Å². The molecule has 0 saturated carbocycles. The Morgan fingerprint density at radius 1 is 1.32 bits per heavy atom. The number of carbonyl (C=O) groups excluding carboxylic acids is 1. The van der Waals surface area contributed by atoms with Crippen molar-refractivity contribution in [2.75, 3.05) is 5.32 Å². The van der Waals surface area contributed by atoms with E-state index in [0.717, 1.165) is 5.56 Å². The first kappa shape index (κ1) is 16.8. The Morgan fingerprint density at radius 2 is 2.08 bits per heavy atom. The van der Waals surface area contributed by atoms with Crippen molar-refractivity contribution < 1.29 is 13.2 Å². The fourth-order valence-electron chi connectivity index (χ4n) is 2.67. The van der Waals surface area contributed by atoms with Gasteiger partial charge in [-0.1, -0.05) is 6.07 Å². The Bertz CT molecular complexity index is 1000. The highest BCUT2D eigenvalue weighted by molar-refractivity contribution is 7.89. The van der Waals surface area contributed by atoms with Gasteiger partial charge in [-0.3, -0.25) is 4.79 Å². The van der Waals surface area contributed by atoms with Crippen LogP contribution in [-0.2, 0) is 21.2 Å². The average molecular weight is 361 g/mol. The minimum absolute atomic E-state index is 0.0279. The third-order valence-electron chi connectivity index (χ3n) is 3.67. The molecule has 0 radical (unpaired) electrons. The van der Waals surface area contributed by atoms with Crippen molar-refractivity contribution in [3.63, 3.8) is 0 Å². The summed E-state index contributed by atoms with van der Waals surface area (Å²) in [5.74, 6) is 4.84. The van der Waals surface area contributed by atoms with E-state index >= 15 is 0 Å². The van der Waals surface area contributed by atoms with E-state index in [-0.39, 0.29) is 23.7 Å². The number of amidine groups is 1. The van der Waals surface area contributed by atoms with Gasteiger partial charge in [-0.25, -0.2) is 29.9 Å². The molecular formula is C14H15N7O3S. The number of hydrogen-bond donors (Lipinski definition) is 5. The SMILES string of the molecule is NN/N=C(\N)c1c(-c2ccc3c(c2)CC(=O)N3)ccnc1S(N)(=O)=O. The van der Waals surface area contributed by atoms with Crippen molar-refractivity contribution in [1.82, 2.24) is 10.5 Å². The molecule has 0 bridgehead atoms. The average Bonchev–Trinajstić information content (AvgIpc) is 2.92. The molecule has 0 spiro atoms. The lowest BCUT2D eigenvalue weighted by atomic mass is 9.98. The largest absolute Gasteiger partial charge is 0.382 e. The number of benzene rings is 1. The Labute approximate surface area is 143 Å². The lowest BCUT2D eigenvalue weighted by Crippen LogP contribution is -2.27. The summed E-state index contributed by atoms with van der Waals surface area (Å²) >= 11 is 0. The maximum Gasteiger partial charge on any atom is 0.256 e. The second-order valence-corrected chi connectivity index (χ2v) is 6.78. The molecule has 11 heteroatoms. The van der Waals surface area contributed by atoms with Crippen molar-refractivity contribution >= 4 is 27.5 Å². The van der Waals surface area contributed by atoms with Crippen LogP contribution in [0.3, 0.4) is 0 Å². The van der Waals surface area contributed by atoms with Crippen LogP contribution in [0.1, 0.15) is 11.1 Å². The zero-order chi connectivity index (χ0) is 18.2. The van der Waals surface area contributed by atoms with Gasteiger partial charge in [0, 0.05) is 11.9 Å². The molecule has 0 aliphatic carbocycles. The number of fused-ring (bicyclic) bond motifs is 1. The summed E-state index contributed by atoms with van der Waals surface area (Å²) in [4.78, 5) is 15.3. The molecule has 0 saturated heterocycles. The van der Waals surface area contributed by atoms with Crippen molar-refractivity contribution in [2.45, 2.75) is 11.4 Å². The van der Waals surface area contributed by atoms with Gasteiger partial charge in [0.2, 0.25) is 5.91 Å². The number of aromatic nitrogens is 1. The molecule has 1 amide bonds. The number of nitrogens with two attached hydrogens (primary N) is 3. The number of amides is 1. The second-order valence-electron chi connectivity index (χ2n) is 5.31. The van der Waals surface area contributed by atoms with Gasteiger partial charge < -0.3 is 11.1 Å². The van der Waals surface area contributed by atoms with Gasteiger partial charge in [0.15, 0.2) is 10.9 Å². The standard InChI is InChI=1S/C14H15N7O3S/c15-13(20-21-16)12-9(3-4-18-14(12)25(17,23)24)7-1-2-10-8(5-7)6-11(22)19-10/h1-5,21H,6,16H2,(H2,15,20)(H,19,22)(H2,17,23,24). The summed E-state index contributed by atoms with van der Waals surface area (Å²) in [6, 6.07) is 6.79. The third-order valence-corrected chi connectivity index (χ3v) is 4.52. The first-order valence-electron chi connectivity index (χ1n) is 7.05. The van der Waals surface area contributed by atoms with E-state index in [0.29, 0.717) is 16.8 Å². The minimum atomic E-state index is -4.15. The quantitative estimate of drug-likeness (QED) is 0.200. The van der Waals surface area contributed by atoms with E-state index in [1.165, 1.54) is 6.20 Å². The summed E-state index contributed by atoms with van der Waals surface area (Å²) in [6.07, 6.45) is 1.54. The third kappa shape index (κ3) is 3.15. The Hall–Kier alpha value is -3.02. The Morgan fingerprint density at radius 3 is 2.76 bits per heavy atom. The molecule has 1 aromatic carbocycles. The molecule has 1 aliphatic rings. The second kappa shape index (κ2) is 6.12. The molecule has 10 nitrogen and oxygen atoms in total. The highest BCUT2D eigenvalue weighted by atomic mass is 32.2.